The highest BCUT2D eigenvalue weighted by atomic mass is 127. The number of nitrogens with one attached hydrogen (secondary N) is 1. The van der Waals surface area contributed by atoms with Gasteiger partial charge in [0.05, 0.1) is 7.14 Å². The highest BCUT2D eigenvalue weighted by Crippen LogP contribution is 2.31. The SMILES string of the molecule is C=CCN1C(=O)/C(=C/c2cc(I)c(OCc3cccc(F)c3)c(I)c2)C(=O)NC1=S. The van der Waals surface area contributed by atoms with E-state index in [1.165, 1.54) is 29.2 Å². The third-order valence-electron chi connectivity index (χ3n) is 4.10. The fourth-order valence-corrected chi connectivity index (χ4v) is 5.12. The van der Waals surface area contributed by atoms with Gasteiger partial charge in [-0.3, -0.25) is 19.8 Å². The number of carbonyl (C=O) groups excluding carboxylic acids is 2. The molecule has 1 fully saturated rings. The minimum absolute atomic E-state index is 0.00882. The quantitative estimate of drug-likeness (QED) is 0.166. The molecule has 9 heteroatoms. The number of amides is 2. The van der Waals surface area contributed by atoms with E-state index < -0.39 is 11.8 Å². The molecule has 1 N–H and O–H groups in total. The second-order valence-corrected chi connectivity index (χ2v) is 8.97. The summed E-state index contributed by atoms with van der Waals surface area (Å²) in [7, 11) is 0. The van der Waals surface area contributed by atoms with Crippen molar-refractivity contribution in [1.82, 2.24) is 10.2 Å². The third kappa shape index (κ3) is 5.24. The first kappa shape index (κ1) is 22.8. The molecular weight excluding hydrogens is 633 g/mol. The van der Waals surface area contributed by atoms with Crippen LogP contribution in [0.5, 0.6) is 5.75 Å². The Balaban J connectivity index is 1.85. The van der Waals surface area contributed by atoms with E-state index in [-0.39, 0.29) is 29.7 Å². The van der Waals surface area contributed by atoms with Crippen molar-refractivity contribution in [1.29, 1.82) is 0 Å². The maximum Gasteiger partial charge on any atom is 0.265 e. The molecule has 154 valence electrons. The van der Waals surface area contributed by atoms with Crippen molar-refractivity contribution in [2.24, 2.45) is 0 Å². The van der Waals surface area contributed by atoms with E-state index in [9.17, 15) is 14.0 Å². The number of ether oxygens (including phenoxy) is 1. The average Bonchev–Trinajstić information content (AvgIpc) is 2.68. The Kier molecular flexibility index (Phi) is 7.58. The van der Waals surface area contributed by atoms with E-state index in [4.69, 9.17) is 17.0 Å². The van der Waals surface area contributed by atoms with Crippen LogP contribution in [0.4, 0.5) is 4.39 Å². The van der Waals surface area contributed by atoms with Crippen LogP contribution in [0.25, 0.3) is 6.08 Å². The number of halogens is 3. The Labute approximate surface area is 205 Å². The van der Waals surface area contributed by atoms with Crippen LogP contribution in [-0.2, 0) is 16.2 Å². The van der Waals surface area contributed by atoms with E-state index in [1.54, 1.807) is 12.1 Å². The molecule has 0 aliphatic carbocycles. The van der Waals surface area contributed by atoms with Gasteiger partial charge in [-0.2, -0.15) is 0 Å². The molecule has 5 nitrogen and oxygen atoms in total. The Morgan fingerprint density at radius 1 is 1.20 bits per heavy atom. The van der Waals surface area contributed by atoms with E-state index in [0.717, 1.165) is 12.7 Å². The first-order chi connectivity index (χ1) is 14.3. The molecule has 0 radical (unpaired) electrons. The number of nitrogens with zero attached hydrogens (tertiary/aromatic N) is 1. The van der Waals surface area contributed by atoms with Crippen LogP contribution in [0.1, 0.15) is 11.1 Å². The molecule has 3 rings (SSSR count). The van der Waals surface area contributed by atoms with Crippen molar-refractivity contribution in [2.75, 3.05) is 6.54 Å². The molecule has 0 bridgehead atoms. The number of benzene rings is 2. The van der Waals surface area contributed by atoms with Crippen LogP contribution in [0.15, 0.2) is 54.6 Å². The third-order valence-corrected chi connectivity index (χ3v) is 6.03. The van der Waals surface area contributed by atoms with Gasteiger partial charge in [-0.25, -0.2) is 4.39 Å². The van der Waals surface area contributed by atoms with Crippen LogP contribution in [-0.4, -0.2) is 28.4 Å². The van der Waals surface area contributed by atoms with Crippen molar-refractivity contribution < 1.29 is 18.7 Å². The smallest absolute Gasteiger partial charge is 0.265 e. The van der Waals surface area contributed by atoms with E-state index in [0.29, 0.717) is 11.3 Å². The molecule has 0 spiro atoms. The summed E-state index contributed by atoms with van der Waals surface area (Å²) < 4.78 is 20.8. The zero-order chi connectivity index (χ0) is 21.8. The summed E-state index contributed by atoms with van der Waals surface area (Å²) in [5.41, 5.74) is 1.38. The minimum atomic E-state index is -0.540. The van der Waals surface area contributed by atoms with Gasteiger partial charge in [-0.05, 0) is 98.9 Å². The molecule has 1 aliphatic heterocycles. The Bertz CT molecular complexity index is 1060. The lowest BCUT2D eigenvalue weighted by atomic mass is 10.1. The van der Waals surface area contributed by atoms with Crippen molar-refractivity contribution in [3.8, 4) is 5.75 Å². The van der Waals surface area contributed by atoms with Gasteiger partial charge in [0.15, 0.2) is 5.11 Å². The molecule has 1 saturated heterocycles. The molecule has 0 atom stereocenters. The van der Waals surface area contributed by atoms with Crippen molar-refractivity contribution in [3.05, 3.63) is 78.7 Å². The number of thiocarbonyl (C=S) groups is 1. The standard InChI is InChI=1S/C21H15FI2N2O3S/c1-2-6-26-20(28)15(19(27)25-21(26)30)8-13-9-16(23)18(17(24)10-13)29-11-12-4-3-5-14(22)7-12/h2-5,7-10H,1,6,11H2,(H,25,27,30)/b15-8+. The fourth-order valence-electron chi connectivity index (χ4n) is 2.74. The summed E-state index contributed by atoms with van der Waals surface area (Å²) in [5.74, 6) is -0.679. The lowest BCUT2D eigenvalue weighted by Gasteiger charge is -2.27. The van der Waals surface area contributed by atoms with Crippen molar-refractivity contribution in [2.45, 2.75) is 6.61 Å². The molecule has 2 amide bonds. The van der Waals surface area contributed by atoms with Crippen LogP contribution >= 0.6 is 57.4 Å². The summed E-state index contributed by atoms with van der Waals surface area (Å²) in [5, 5.41) is 2.58. The topological polar surface area (TPSA) is 58.6 Å². The molecule has 1 aliphatic rings. The van der Waals surface area contributed by atoms with Crippen LogP contribution in [0.3, 0.4) is 0 Å². The summed E-state index contributed by atoms with van der Waals surface area (Å²) in [6.45, 7) is 4.03. The molecule has 0 saturated carbocycles. The Hall–Kier alpha value is -1.86. The molecule has 2 aromatic carbocycles. The molecular formula is C21H15FI2N2O3S. The molecule has 1 heterocycles. The van der Waals surface area contributed by atoms with E-state index in [2.05, 4.69) is 57.1 Å². The first-order valence-corrected chi connectivity index (χ1v) is 11.2. The summed E-state index contributed by atoms with van der Waals surface area (Å²) in [6.07, 6.45) is 3.06. The maximum atomic E-state index is 13.3. The molecule has 0 unspecified atom stereocenters. The first-order valence-electron chi connectivity index (χ1n) is 8.66. The Morgan fingerprint density at radius 3 is 2.53 bits per heavy atom. The molecule has 2 aromatic rings. The lowest BCUT2D eigenvalue weighted by Crippen LogP contribution is -2.53. The zero-order valence-corrected chi connectivity index (χ0v) is 20.6. The van der Waals surface area contributed by atoms with Crippen molar-refractivity contribution in [3.63, 3.8) is 0 Å². The van der Waals surface area contributed by atoms with Crippen LogP contribution in [0.2, 0.25) is 0 Å². The summed E-state index contributed by atoms with van der Waals surface area (Å²) >= 11 is 9.30. The Morgan fingerprint density at radius 2 is 1.90 bits per heavy atom. The van der Waals surface area contributed by atoms with Gasteiger partial charge in [-0.1, -0.05) is 18.2 Å². The van der Waals surface area contributed by atoms with Gasteiger partial charge in [0.2, 0.25) is 0 Å². The summed E-state index contributed by atoms with van der Waals surface area (Å²) in [4.78, 5) is 26.2. The second-order valence-electron chi connectivity index (χ2n) is 6.25. The average molecular weight is 648 g/mol. The number of rotatable bonds is 6. The largest absolute Gasteiger partial charge is 0.487 e. The molecule has 0 aromatic heterocycles. The van der Waals surface area contributed by atoms with Gasteiger partial charge >= 0.3 is 0 Å². The fraction of sp³-hybridized carbons (Fsp3) is 0.0952. The highest BCUT2D eigenvalue weighted by Gasteiger charge is 2.32. The minimum Gasteiger partial charge on any atom is -0.487 e. The van der Waals surface area contributed by atoms with Crippen LogP contribution < -0.4 is 10.1 Å². The normalized spacial score (nSPS) is 15.4. The summed E-state index contributed by atoms with van der Waals surface area (Å²) in [6, 6.07) is 9.83. The van der Waals surface area contributed by atoms with Gasteiger partial charge < -0.3 is 4.74 Å². The predicted molar refractivity (Wildman–Crippen MR) is 133 cm³/mol. The maximum absolute atomic E-state index is 13.3. The van der Waals surface area contributed by atoms with E-state index >= 15 is 0 Å². The van der Waals surface area contributed by atoms with Crippen molar-refractivity contribution >= 4 is 80.4 Å². The number of hydrogen-bond acceptors (Lipinski definition) is 4. The zero-order valence-electron chi connectivity index (χ0n) is 15.5. The van der Waals surface area contributed by atoms with E-state index in [1.807, 2.05) is 12.1 Å². The second kappa shape index (κ2) is 9.96. The van der Waals surface area contributed by atoms with Gasteiger partial charge in [-0.15, -0.1) is 6.58 Å². The molecule has 30 heavy (non-hydrogen) atoms. The van der Waals surface area contributed by atoms with Gasteiger partial charge in [0, 0.05) is 6.54 Å². The number of carbonyl (C=O) groups is 2. The monoisotopic (exact) mass is 648 g/mol. The van der Waals surface area contributed by atoms with Gasteiger partial charge in [0.25, 0.3) is 11.8 Å². The highest BCUT2D eigenvalue weighted by molar-refractivity contribution is 14.1. The predicted octanol–water partition coefficient (Wildman–Crippen LogP) is 4.43. The lowest BCUT2D eigenvalue weighted by molar-refractivity contribution is -0.128. The number of hydrogen-bond donors (Lipinski definition) is 1. The van der Waals surface area contributed by atoms with Gasteiger partial charge in [0.1, 0.15) is 23.7 Å². The van der Waals surface area contributed by atoms with Crippen LogP contribution in [0, 0.1) is 13.0 Å².